The number of amides is 1. The van der Waals surface area contributed by atoms with E-state index in [-0.39, 0.29) is 11.7 Å². The van der Waals surface area contributed by atoms with E-state index in [1.54, 1.807) is 25.2 Å². The van der Waals surface area contributed by atoms with Gasteiger partial charge in [0.05, 0.1) is 17.1 Å². The van der Waals surface area contributed by atoms with Crippen LogP contribution in [0.2, 0.25) is 0 Å². The molecule has 0 atom stereocenters. The van der Waals surface area contributed by atoms with E-state index in [9.17, 15) is 9.18 Å². The maximum atomic E-state index is 13.1. The van der Waals surface area contributed by atoms with E-state index < -0.39 is 0 Å². The van der Waals surface area contributed by atoms with Crippen LogP contribution >= 0.6 is 11.3 Å². The van der Waals surface area contributed by atoms with E-state index in [0.29, 0.717) is 24.4 Å². The molecule has 3 aromatic heterocycles. The normalized spacial score (nSPS) is 11.1. The average molecular weight is 425 g/mol. The third-order valence-electron chi connectivity index (χ3n) is 4.65. The Labute approximate surface area is 177 Å². The molecule has 0 radical (unpaired) electrons. The van der Waals surface area contributed by atoms with Crippen LogP contribution in [0.1, 0.15) is 27.6 Å². The number of rotatable bonds is 6. The van der Waals surface area contributed by atoms with Gasteiger partial charge in [0, 0.05) is 36.7 Å². The summed E-state index contributed by atoms with van der Waals surface area (Å²) in [4.78, 5) is 17.2. The van der Waals surface area contributed by atoms with E-state index in [1.165, 1.54) is 28.2 Å². The number of hydrogen-bond acceptors (Lipinski definition) is 5. The molecule has 1 amide bonds. The molecule has 0 spiro atoms. The summed E-state index contributed by atoms with van der Waals surface area (Å²) in [6, 6.07) is 9.74. The fraction of sp³-hybridized carbons (Fsp3) is 0.238. The van der Waals surface area contributed by atoms with Crippen LogP contribution in [0.25, 0.3) is 16.4 Å². The Kier molecular flexibility index (Phi) is 5.45. The largest absolute Gasteiger partial charge is 0.350 e. The first-order chi connectivity index (χ1) is 14.4. The van der Waals surface area contributed by atoms with Gasteiger partial charge in [0.2, 0.25) is 5.13 Å². The highest BCUT2D eigenvalue weighted by atomic mass is 32.1. The van der Waals surface area contributed by atoms with Gasteiger partial charge in [-0.15, -0.1) is 11.3 Å². The lowest BCUT2D eigenvalue weighted by molar-refractivity contribution is 0.0944. The molecule has 0 aliphatic rings. The Hall–Kier alpha value is -3.33. The van der Waals surface area contributed by atoms with Gasteiger partial charge in [-0.05, 0) is 50.2 Å². The standard InChI is InChI=1S/C21H21FN6OS/c1-13-10-14(2)28(25-13)21-24-17(12-30-21)8-9-23-20(29)19-11-18(26-27(19)3)15-4-6-16(22)7-5-15/h4-7,10-12H,8-9H2,1-3H3,(H,23,29). The quantitative estimate of drug-likeness (QED) is 0.514. The maximum Gasteiger partial charge on any atom is 0.269 e. The first-order valence-electron chi connectivity index (χ1n) is 9.47. The third kappa shape index (κ3) is 4.16. The zero-order valence-electron chi connectivity index (χ0n) is 16.9. The highest BCUT2D eigenvalue weighted by Gasteiger charge is 2.15. The molecule has 4 rings (SSSR count). The van der Waals surface area contributed by atoms with Gasteiger partial charge in [0.1, 0.15) is 11.5 Å². The van der Waals surface area contributed by atoms with Crippen molar-refractivity contribution in [1.82, 2.24) is 29.9 Å². The monoisotopic (exact) mass is 424 g/mol. The first-order valence-corrected chi connectivity index (χ1v) is 10.3. The lowest BCUT2D eigenvalue weighted by Gasteiger charge is -2.04. The molecule has 1 N–H and O–H groups in total. The number of hydrogen-bond donors (Lipinski definition) is 1. The van der Waals surface area contributed by atoms with Crippen LogP contribution in [0.3, 0.4) is 0 Å². The van der Waals surface area contributed by atoms with Crippen molar-refractivity contribution < 1.29 is 9.18 Å². The molecule has 7 nitrogen and oxygen atoms in total. The second-order valence-corrected chi connectivity index (χ2v) is 7.85. The Morgan fingerprint density at radius 2 is 1.93 bits per heavy atom. The topological polar surface area (TPSA) is 77.6 Å². The van der Waals surface area contributed by atoms with Gasteiger partial charge in [-0.1, -0.05) is 0 Å². The molecule has 1 aromatic carbocycles. The number of nitrogens with one attached hydrogen (secondary N) is 1. The Morgan fingerprint density at radius 1 is 1.17 bits per heavy atom. The number of benzene rings is 1. The number of thiazole rings is 1. The summed E-state index contributed by atoms with van der Waals surface area (Å²) in [5.74, 6) is -0.525. The molecule has 0 aliphatic heterocycles. The molecule has 9 heteroatoms. The minimum atomic E-state index is -0.310. The van der Waals surface area contributed by atoms with Crippen molar-refractivity contribution in [2.75, 3.05) is 6.54 Å². The highest BCUT2D eigenvalue weighted by molar-refractivity contribution is 7.12. The average Bonchev–Trinajstić information content (AvgIpc) is 3.41. The van der Waals surface area contributed by atoms with Crippen LogP contribution in [-0.4, -0.2) is 37.0 Å². The molecular formula is C21H21FN6OS. The SMILES string of the molecule is Cc1cc(C)n(-c2nc(CCNC(=O)c3cc(-c4ccc(F)cc4)nn3C)cs2)n1. The van der Waals surface area contributed by atoms with Gasteiger partial charge < -0.3 is 5.32 Å². The van der Waals surface area contributed by atoms with Crippen LogP contribution in [0.4, 0.5) is 4.39 Å². The Morgan fingerprint density at radius 3 is 2.63 bits per heavy atom. The van der Waals surface area contributed by atoms with Gasteiger partial charge in [-0.2, -0.15) is 10.2 Å². The summed E-state index contributed by atoms with van der Waals surface area (Å²) < 4.78 is 16.5. The number of aryl methyl sites for hydroxylation is 3. The van der Waals surface area contributed by atoms with Gasteiger partial charge in [-0.25, -0.2) is 14.1 Å². The van der Waals surface area contributed by atoms with Gasteiger partial charge in [0.25, 0.3) is 5.91 Å². The van der Waals surface area contributed by atoms with E-state index in [1.807, 2.05) is 30.0 Å². The zero-order chi connectivity index (χ0) is 21.3. The molecule has 0 aliphatic carbocycles. The number of carbonyl (C=O) groups excluding carboxylic acids is 1. The van der Waals surface area contributed by atoms with Crippen molar-refractivity contribution in [2.45, 2.75) is 20.3 Å². The molecule has 0 bridgehead atoms. The molecule has 0 saturated heterocycles. The smallest absolute Gasteiger partial charge is 0.269 e. The fourth-order valence-corrected chi connectivity index (χ4v) is 4.03. The van der Waals surface area contributed by atoms with Crippen LogP contribution in [0.5, 0.6) is 0 Å². The Bertz CT molecular complexity index is 1190. The van der Waals surface area contributed by atoms with Crippen molar-refractivity contribution in [1.29, 1.82) is 0 Å². The zero-order valence-corrected chi connectivity index (χ0v) is 17.7. The lowest BCUT2D eigenvalue weighted by Crippen LogP contribution is -2.27. The number of aromatic nitrogens is 5. The van der Waals surface area contributed by atoms with Crippen LogP contribution in [0, 0.1) is 19.7 Å². The summed E-state index contributed by atoms with van der Waals surface area (Å²) in [6.07, 6.45) is 0.615. The first kappa shape index (κ1) is 20.0. The van der Waals surface area contributed by atoms with E-state index >= 15 is 0 Å². The molecule has 154 valence electrons. The summed E-state index contributed by atoms with van der Waals surface area (Å²) in [5, 5.41) is 14.5. The minimum absolute atomic E-state index is 0.215. The Balaban J connectivity index is 1.37. The highest BCUT2D eigenvalue weighted by Crippen LogP contribution is 2.20. The lowest BCUT2D eigenvalue weighted by atomic mass is 10.1. The summed E-state index contributed by atoms with van der Waals surface area (Å²) in [6.45, 7) is 4.40. The van der Waals surface area contributed by atoms with Crippen LogP contribution in [0.15, 0.2) is 41.8 Å². The molecule has 30 heavy (non-hydrogen) atoms. The van der Waals surface area contributed by atoms with Crippen molar-refractivity contribution in [3.05, 3.63) is 70.4 Å². The van der Waals surface area contributed by atoms with E-state index in [4.69, 9.17) is 0 Å². The van der Waals surface area contributed by atoms with Crippen molar-refractivity contribution in [3.63, 3.8) is 0 Å². The summed E-state index contributed by atoms with van der Waals surface area (Å²) in [5.41, 5.74) is 4.71. The van der Waals surface area contributed by atoms with Crippen molar-refractivity contribution in [3.8, 4) is 16.4 Å². The van der Waals surface area contributed by atoms with E-state index in [2.05, 4.69) is 20.5 Å². The second-order valence-electron chi connectivity index (χ2n) is 7.01. The van der Waals surface area contributed by atoms with Crippen molar-refractivity contribution in [2.24, 2.45) is 7.05 Å². The third-order valence-corrected chi connectivity index (χ3v) is 5.51. The molecule has 0 unspecified atom stereocenters. The van der Waals surface area contributed by atoms with Gasteiger partial charge in [-0.3, -0.25) is 9.48 Å². The molecule has 0 fully saturated rings. The van der Waals surface area contributed by atoms with Crippen LogP contribution < -0.4 is 5.32 Å². The maximum absolute atomic E-state index is 13.1. The number of nitrogens with zero attached hydrogens (tertiary/aromatic N) is 5. The number of halogens is 1. The minimum Gasteiger partial charge on any atom is -0.350 e. The van der Waals surface area contributed by atoms with E-state index in [0.717, 1.165) is 27.8 Å². The number of carbonyl (C=O) groups is 1. The predicted octanol–water partition coefficient (Wildman–Crippen LogP) is 3.46. The fourth-order valence-electron chi connectivity index (χ4n) is 3.17. The second kappa shape index (κ2) is 8.19. The van der Waals surface area contributed by atoms with Gasteiger partial charge in [0.15, 0.2) is 0 Å². The van der Waals surface area contributed by atoms with Crippen LogP contribution in [-0.2, 0) is 13.5 Å². The molecule has 0 saturated carbocycles. The molecule has 3 heterocycles. The predicted molar refractivity (Wildman–Crippen MR) is 113 cm³/mol. The molecule has 4 aromatic rings. The summed E-state index contributed by atoms with van der Waals surface area (Å²) in [7, 11) is 1.71. The van der Waals surface area contributed by atoms with Crippen molar-refractivity contribution >= 4 is 17.2 Å². The van der Waals surface area contributed by atoms with Gasteiger partial charge >= 0.3 is 0 Å². The summed E-state index contributed by atoms with van der Waals surface area (Å²) >= 11 is 1.53. The molecular weight excluding hydrogens is 403 g/mol.